The van der Waals surface area contributed by atoms with Gasteiger partial charge in [0.2, 0.25) is 0 Å². The Labute approximate surface area is 270 Å². The Morgan fingerprint density at radius 2 is 1.78 bits per heavy atom. The van der Waals surface area contributed by atoms with Gasteiger partial charge in [0.25, 0.3) is 17.4 Å². The minimum Gasteiger partial charge on any atom is -0.465 e. The van der Waals surface area contributed by atoms with E-state index < -0.39 is 36.0 Å². The molecule has 0 bridgehead atoms. The number of alkyl halides is 3. The first-order valence-corrected chi connectivity index (χ1v) is 15.7. The number of amides is 2. The van der Waals surface area contributed by atoms with Crippen LogP contribution in [0.4, 0.5) is 18.2 Å². The lowest BCUT2D eigenvalue weighted by Gasteiger charge is -2.29. The van der Waals surface area contributed by atoms with Crippen molar-refractivity contribution < 1.29 is 37.1 Å². The highest BCUT2D eigenvalue weighted by Crippen LogP contribution is 2.50. The average Bonchev–Trinajstić information content (AvgIpc) is 3.58. The molecule has 2 N–H and O–H groups in total. The van der Waals surface area contributed by atoms with Crippen LogP contribution < -0.4 is 10.6 Å². The molecule has 1 unspecified atom stereocenters. The number of fused-ring (bicyclic) bond motifs is 1. The standard InChI is InChI=1S/C31H28Cl2F3N3O5S/c1-3-43-25(40)15-37-28(42)26-22-6-4-5-7-24(22)45-29(26)38-27(41)21-9-8-17(10-16(21)2)23-14-30(44-39-23,31(34,35)36)18-11-19(32)13-20(33)12-18/h8-13H,3-7,14-15H2,1-2H3,(H,37,42)(H,38,41). The summed E-state index contributed by atoms with van der Waals surface area (Å²) in [5, 5.41) is 9.62. The Bertz CT molecular complexity index is 1690. The lowest BCUT2D eigenvalue weighted by molar-refractivity contribution is -0.275. The topological polar surface area (TPSA) is 106 Å². The Kier molecular flexibility index (Phi) is 9.48. The SMILES string of the molecule is CCOC(=O)CNC(=O)c1c(NC(=O)c2ccc(C3=NOC(c4cc(Cl)cc(Cl)c4)(C(F)(F)F)C3)cc2C)sc2c1CCCC2. The number of ether oxygens (including phenoxy) is 1. The molecule has 0 fully saturated rings. The van der Waals surface area contributed by atoms with Gasteiger partial charge in [-0.25, -0.2) is 0 Å². The molecule has 1 aliphatic heterocycles. The second-order valence-corrected chi connectivity index (χ2v) is 12.7. The molecule has 5 rings (SSSR count). The van der Waals surface area contributed by atoms with Gasteiger partial charge in [-0.2, -0.15) is 13.2 Å². The van der Waals surface area contributed by atoms with E-state index in [1.807, 2.05) is 0 Å². The number of carbonyl (C=O) groups excluding carboxylic acids is 3. The van der Waals surface area contributed by atoms with Crippen LogP contribution in [0.1, 0.15) is 74.0 Å². The van der Waals surface area contributed by atoms with Crippen LogP contribution in [0.5, 0.6) is 0 Å². The third-order valence-corrected chi connectivity index (χ3v) is 9.29. The van der Waals surface area contributed by atoms with Crippen LogP contribution in [0.25, 0.3) is 0 Å². The lowest BCUT2D eigenvalue weighted by Crippen LogP contribution is -2.42. The number of aryl methyl sites for hydroxylation is 2. The maximum atomic E-state index is 14.4. The molecule has 2 amide bonds. The predicted molar refractivity (Wildman–Crippen MR) is 165 cm³/mol. The summed E-state index contributed by atoms with van der Waals surface area (Å²) in [5.41, 5.74) is -0.793. The zero-order valence-corrected chi connectivity index (χ0v) is 26.5. The van der Waals surface area contributed by atoms with E-state index in [1.54, 1.807) is 19.9 Å². The normalized spacial score (nSPS) is 17.6. The Morgan fingerprint density at radius 3 is 2.44 bits per heavy atom. The Hall–Kier alpha value is -3.61. The number of hydrogen-bond acceptors (Lipinski definition) is 7. The first kappa shape index (κ1) is 32.8. The van der Waals surface area contributed by atoms with E-state index in [0.29, 0.717) is 28.1 Å². The maximum absolute atomic E-state index is 14.4. The van der Waals surface area contributed by atoms with E-state index in [2.05, 4.69) is 15.8 Å². The van der Waals surface area contributed by atoms with Crippen LogP contribution in [0.2, 0.25) is 10.0 Å². The number of carbonyl (C=O) groups is 3. The van der Waals surface area contributed by atoms with Crippen molar-refractivity contribution in [2.24, 2.45) is 5.16 Å². The highest BCUT2D eigenvalue weighted by Gasteiger charge is 2.62. The molecule has 8 nitrogen and oxygen atoms in total. The third-order valence-electron chi connectivity index (χ3n) is 7.64. The number of nitrogens with zero attached hydrogens (tertiary/aromatic N) is 1. The van der Waals surface area contributed by atoms with Gasteiger partial charge in [0.1, 0.15) is 11.5 Å². The smallest absolute Gasteiger partial charge is 0.435 e. The van der Waals surface area contributed by atoms with Crippen LogP contribution in [0.15, 0.2) is 41.6 Å². The molecule has 2 aromatic carbocycles. The molecule has 0 radical (unpaired) electrons. The molecule has 0 saturated carbocycles. The second kappa shape index (κ2) is 13.0. The summed E-state index contributed by atoms with van der Waals surface area (Å²) in [7, 11) is 0. The summed E-state index contributed by atoms with van der Waals surface area (Å²) in [6.45, 7) is 3.19. The maximum Gasteiger partial charge on any atom is 0.435 e. The monoisotopic (exact) mass is 681 g/mol. The highest BCUT2D eigenvalue weighted by molar-refractivity contribution is 7.17. The quantitative estimate of drug-likeness (QED) is 0.242. The highest BCUT2D eigenvalue weighted by atomic mass is 35.5. The molecule has 1 atom stereocenters. The van der Waals surface area contributed by atoms with Crippen LogP contribution >= 0.6 is 34.5 Å². The van der Waals surface area contributed by atoms with Gasteiger partial charge < -0.3 is 20.2 Å². The Morgan fingerprint density at radius 1 is 1.07 bits per heavy atom. The largest absolute Gasteiger partial charge is 0.465 e. The van der Waals surface area contributed by atoms with Crippen molar-refractivity contribution in [1.82, 2.24) is 5.32 Å². The van der Waals surface area contributed by atoms with Gasteiger partial charge in [-0.3, -0.25) is 14.4 Å². The molecule has 1 aliphatic carbocycles. The van der Waals surface area contributed by atoms with Crippen LogP contribution in [-0.2, 0) is 32.8 Å². The van der Waals surface area contributed by atoms with E-state index in [4.69, 9.17) is 32.8 Å². The van der Waals surface area contributed by atoms with E-state index in [9.17, 15) is 27.6 Å². The average molecular weight is 683 g/mol. The number of nitrogens with one attached hydrogen (secondary N) is 2. The van der Waals surface area contributed by atoms with Gasteiger partial charge in [-0.05, 0) is 86.6 Å². The number of hydrogen-bond donors (Lipinski definition) is 2. The predicted octanol–water partition coefficient (Wildman–Crippen LogP) is 7.37. The third kappa shape index (κ3) is 6.68. The van der Waals surface area contributed by atoms with Crippen LogP contribution in [0, 0.1) is 6.92 Å². The number of anilines is 1. The molecule has 0 spiro atoms. The van der Waals surface area contributed by atoms with Gasteiger partial charge in [0, 0.05) is 32.5 Å². The van der Waals surface area contributed by atoms with Crippen molar-refractivity contribution in [2.75, 3.05) is 18.5 Å². The number of esters is 1. The molecule has 238 valence electrons. The summed E-state index contributed by atoms with van der Waals surface area (Å²) in [4.78, 5) is 44.5. The fourth-order valence-electron chi connectivity index (χ4n) is 5.46. The minimum atomic E-state index is -4.85. The van der Waals surface area contributed by atoms with Gasteiger partial charge in [0.05, 0.1) is 17.9 Å². The van der Waals surface area contributed by atoms with Crippen molar-refractivity contribution in [3.8, 4) is 0 Å². The van der Waals surface area contributed by atoms with E-state index in [0.717, 1.165) is 41.8 Å². The molecule has 0 saturated heterocycles. The summed E-state index contributed by atoms with van der Waals surface area (Å²) >= 11 is 13.3. The summed E-state index contributed by atoms with van der Waals surface area (Å²) in [6, 6.07) is 8.15. The van der Waals surface area contributed by atoms with Gasteiger partial charge in [-0.15, -0.1) is 11.3 Å². The zero-order valence-electron chi connectivity index (χ0n) is 24.2. The zero-order chi connectivity index (χ0) is 32.5. The molecule has 14 heteroatoms. The van der Waals surface area contributed by atoms with Gasteiger partial charge in [-0.1, -0.05) is 34.4 Å². The van der Waals surface area contributed by atoms with Crippen LogP contribution in [-0.4, -0.2) is 42.8 Å². The summed E-state index contributed by atoms with van der Waals surface area (Å²) in [6.07, 6.45) is -2.19. The number of thiophene rings is 1. The Balaban J connectivity index is 1.37. The number of halogens is 5. The van der Waals surface area contributed by atoms with Crippen molar-refractivity contribution in [2.45, 2.75) is 57.7 Å². The van der Waals surface area contributed by atoms with Crippen molar-refractivity contribution in [1.29, 1.82) is 0 Å². The number of benzene rings is 2. The summed E-state index contributed by atoms with van der Waals surface area (Å²) < 4.78 is 48.2. The second-order valence-electron chi connectivity index (χ2n) is 10.7. The van der Waals surface area contributed by atoms with Gasteiger partial charge >= 0.3 is 12.1 Å². The lowest BCUT2D eigenvalue weighted by atomic mass is 9.86. The molecule has 2 aliphatic rings. The minimum absolute atomic E-state index is 0.0237. The van der Waals surface area contributed by atoms with Crippen molar-refractivity contribution >= 4 is 63.0 Å². The van der Waals surface area contributed by atoms with Crippen molar-refractivity contribution in [3.63, 3.8) is 0 Å². The molecule has 1 aromatic heterocycles. The fraction of sp³-hybridized carbons (Fsp3) is 0.355. The number of oxime groups is 1. The first-order chi connectivity index (χ1) is 21.3. The molecule has 2 heterocycles. The molecule has 3 aromatic rings. The fourth-order valence-corrected chi connectivity index (χ4v) is 7.27. The van der Waals surface area contributed by atoms with Crippen molar-refractivity contribution in [3.05, 3.63) is 84.7 Å². The summed E-state index contributed by atoms with van der Waals surface area (Å²) in [5.74, 6) is -1.56. The molecular weight excluding hydrogens is 654 g/mol. The molecule has 45 heavy (non-hydrogen) atoms. The van der Waals surface area contributed by atoms with Crippen LogP contribution in [0.3, 0.4) is 0 Å². The van der Waals surface area contributed by atoms with Gasteiger partial charge in [0.15, 0.2) is 0 Å². The van der Waals surface area contributed by atoms with E-state index in [-0.39, 0.29) is 40.0 Å². The molecular formula is C31H28Cl2F3N3O5S. The first-order valence-electron chi connectivity index (χ1n) is 14.1. The van der Waals surface area contributed by atoms with E-state index in [1.165, 1.54) is 29.5 Å². The van der Waals surface area contributed by atoms with E-state index >= 15 is 0 Å². The number of rotatable bonds is 8.